The zero-order chi connectivity index (χ0) is 26.8. The van der Waals surface area contributed by atoms with Gasteiger partial charge in [0.05, 0.1) is 6.61 Å². The largest absolute Gasteiger partial charge is 0.367 e. The van der Waals surface area contributed by atoms with Crippen molar-refractivity contribution in [1.29, 1.82) is 0 Å². The monoisotopic (exact) mass is 533 g/mol. The Hall–Kier alpha value is -1.89. The number of anilines is 1. The summed E-state index contributed by atoms with van der Waals surface area (Å²) in [5, 5.41) is 3.81. The van der Waals surface area contributed by atoms with Crippen molar-refractivity contribution in [3.8, 4) is 0 Å². The molecule has 6 nitrogen and oxygen atoms in total. The van der Waals surface area contributed by atoms with E-state index >= 15 is 0 Å². The SMILES string of the molecule is CCCC1(COC/N=C(\C2=CCN(c3cccc(CC)c3C3CC3)CC2)N2CC3CCC(C2)N3)CCCN1C. The fraction of sp³-hybridized carbons (Fsp3) is 0.727. The molecule has 4 heterocycles. The number of aryl methyl sites for hydroxylation is 1. The molecule has 3 atom stereocenters. The van der Waals surface area contributed by atoms with Crippen LogP contribution in [0.4, 0.5) is 5.69 Å². The van der Waals surface area contributed by atoms with Crippen LogP contribution in [-0.4, -0.2) is 86.4 Å². The van der Waals surface area contributed by atoms with Crippen LogP contribution in [0.15, 0.2) is 34.8 Å². The van der Waals surface area contributed by atoms with E-state index in [0.717, 1.165) is 51.5 Å². The van der Waals surface area contributed by atoms with Crippen LogP contribution in [0.5, 0.6) is 0 Å². The smallest absolute Gasteiger partial charge is 0.139 e. The van der Waals surface area contributed by atoms with E-state index in [-0.39, 0.29) is 5.54 Å². The Balaban J connectivity index is 1.18. The van der Waals surface area contributed by atoms with Gasteiger partial charge in [-0.05, 0) is 100 Å². The summed E-state index contributed by atoms with van der Waals surface area (Å²) in [5.74, 6) is 1.99. The number of benzene rings is 1. The molecule has 1 aliphatic carbocycles. The molecule has 4 aliphatic heterocycles. The van der Waals surface area contributed by atoms with Crippen molar-refractivity contribution in [2.45, 2.75) is 102 Å². The van der Waals surface area contributed by atoms with Crippen LogP contribution in [0.1, 0.15) is 88.7 Å². The minimum atomic E-state index is 0.204. The molecule has 0 spiro atoms. The quantitative estimate of drug-likeness (QED) is 0.250. The molecule has 3 saturated heterocycles. The predicted octanol–water partition coefficient (Wildman–Crippen LogP) is 5.34. The van der Waals surface area contributed by atoms with Crippen molar-refractivity contribution in [3.63, 3.8) is 0 Å². The summed E-state index contributed by atoms with van der Waals surface area (Å²) in [5.41, 5.74) is 6.30. The first-order valence-electron chi connectivity index (χ1n) is 16.0. The van der Waals surface area contributed by atoms with E-state index in [0.29, 0.717) is 18.8 Å². The summed E-state index contributed by atoms with van der Waals surface area (Å²) in [6.07, 6.45) is 14.9. The van der Waals surface area contributed by atoms with E-state index in [1.54, 1.807) is 11.1 Å². The van der Waals surface area contributed by atoms with Crippen molar-refractivity contribution < 1.29 is 4.74 Å². The normalized spacial score (nSPS) is 29.8. The Bertz CT molecular complexity index is 1050. The zero-order valence-electron chi connectivity index (χ0n) is 24.8. The molecule has 1 aromatic carbocycles. The van der Waals surface area contributed by atoms with Crippen molar-refractivity contribution in [1.82, 2.24) is 15.1 Å². The van der Waals surface area contributed by atoms with Crippen LogP contribution in [0.25, 0.3) is 0 Å². The standard InChI is InChI=1S/C33H51N5O/c1-4-16-33(17-7-18-36(33)3)23-39-24-34-32(38-21-28-12-13-29(22-38)35-28)27-14-19-37(20-15-27)30-9-6-8-25(5-2)31(30)26-10-11-26/h6,8-9,14,26,28-29,35H,4-5,7,10-13,15-24H2,1-3H3/b34-32+. The second-order valence-corrected chi connectivity index (χ2v) is 12.9. The van der Waals surface area contributed by atoms with E-state index in [4.69, 9.17) is 9.73 Å². The Morgan fingerprint density at radius 3 is 2.56 bits per heavy atom. The maximum Gasteiger partial charge on any atom is 0.139 e. The molecule has 0 radical (unpaired) electrons. The number of piperazine rings is 1. The van der Waals surface area contributed by atoms with Crippen LogP contribution in [0, 0.1) is 0 Å². The second kappa shape index (κ2) is 11.9. The molecule has 6 heteroatoms. The summed E-state index contributed by atoms with van der Waals surface area (Å²) in [4.78, 5) is 13.0. The number of hydrogen-bond donors (Lipinski definition) is 1. The van der Waals surface area contributed by atoms with Gasteiger partial charge in [0.2, 0.25) is 0 Å². The van der Waals surface area contributed by atoms with Crippen molar-refractivity contribution in [3.05, 3.63) is 41.0 Å². The molecule has 1 saturated carbocycles. The molecule has 214 valence electrons. The molecule has 1 aromatic rings. The molecule has 2 bridgehead atoms. The fourth-order valence-corrected chi connectivity index (χ4v) is 7.94. The van der Waals surface area contributed by atoms with Gasteiger partial charge < -0.3 is 19.9 Å². The minimum Gasteiger partial charge on any atom is -0.367 e. The van der Waals surface area contributed by atoms with Crippen LogP contribution < -0.4 is 10.2 Å². The lowest BCUT2D eigenvalue weighted by atomic mass is 9.92. The number of fused-ring (bicyclic) bond motifs is 2. The number of amidine groups is 1. The van der Waals surface area contributed by atoms with Gasteiger partial charge in [-0.1, -0.05) is 38.5 Å². The Morgan fingerprint density at radius 2 is 1.92 bits per heavy atom. The Kier molecular flexibility index (Phi) is 8.34. The Morgan fingerprint density at radius 1 is 1.10 bits per heavy atom. The third-order valence-corrected chi connectivity index (χ3v) is 10.2. The number of likely N-dealkylation sites (N-methyl/N-ethyl adjacent to an activating group) is 1. The summed E-state index contributed by atoms with van der Waals surface area (Å²) in [6, 6.07) is 8.20. The molecule has 3 unspecified atom stereocenters. The summed E-state index contributed by atoms with van der Waals surface area (Å²) in [6.45, 7) is 11.3. The molecule has 1 N–H and O–H groups in total. The van der Waals surface area contributed by atoms with Crippen molar-refractivity contribution >= 4 is 11.5 Å². The van der Waals surface area contributed by atoms with Gasteiger partial charge in [-0.25, -0.2) is 4.99 Å². The van der Waals surface area contributed by atoms with Gasteiger partial charge in [0.25, 0.3) is 0 Å². The maximum atomic E-state index is 6.38. The van der Waals surface area contributed by atoms with Crippen LogP contribution in [0.3, 0.4) is 0 Å². The van der Waals surface area contributed by atoms with E-state index in [9.17, 15) is 0 Å². The highest BCUT2D eigenvalue weighted by molar-refractivity contribution is 5.99. The summed E-state index contributed by atoms with van der Waals surface area (Å²) < 4.78 is 6.38. The number of nitrogens with zero attached hydrogens (tertiary/aromatic N) is 4. The average molecular weight is 534 g/mol. The fourth-order valence-electron chi connectivity index (χ4n) is 7.94. The van der Waals surface area contributed by atoms with E-state index in [1.807, 2.05) is 0 Å². The highest BCUT2D eigenvalue weighted by Gasteiger charge is 2.38. The van der Waals surface area contributed by atoms with Gasteiger partial charge in [-0.15, -0.1) is 0 Å². The predicted molar refractivity (Wildman–Crippen MR) is 162 cm³/mol. The molecular weight excluding hydrogens is 482 g/mol. The molecule has 6 rings (SSSR count). The number of rotatable bonds is 10. The van der Waals surface area contributed by atoms with Gasteiger partial charge in [0.1, 0.15) is 12.6 Å². The Labute approximate surface area is 236 Å². The lowest BCUT2D eigenvalue weighted by Gasteiger charge is -2.38. The number of aliphatic imine (C=N–C) groups is 1. The first-order chi connectivity index (χ1) is 19.1. The van der Waals surface area contributed by atoms with Gasteiger partial charge >= 0.3 is 0 Å². The third-order valence-electron chi connectivity index (χ3n) is 10.2. The topological polar surface area (TPSA) is 43.3 Å². The highest BCUT2D eigenvalue weighted by atomic mass is 16.5. The molecule has 0 amide bonds. The number of nitrogens with one attached hydrogen (secondary N) is 1. The number of ether oxygens (including phenoxy) is 1. The molecule has 39 heavy (non-hydrogen) atoms. The molecule has 4 fully saturated rings. The van der Waals surface area contributed by atoms with Gasteiger partial charge in [0.15, 0.2) is 0 Å². The molecule has 5 aliphatic rings. The van der Waals surface area contributed by atoms with E-state index < -0.39 is 0 Å². The average Bonchev–Trinajstić information content (AvgIpc) is 3.67. The van der Waals surface area contributed by atoms with Crippen LogP contribution in [-0.2, 0) is 11.2 Å². The maximum absolute atomic E-state index is 6.38. The number of likely N-dealkylation sites (tertiary alicyclic amines) is 2. The minimum absolute atomic E-state index is 0.204. The number of hydrogen-bond acceptors (Lipinski definition) is 5. The van der Waals surface area contributed by atoms with Crippen LogP contribution in [0.2, 0.25) is 0 Å². The lowest BCUT2D eigenvalue weighted by Crippen LogP contribution is -2.53. The van der Waals surface area contributed by atoms with E-state index in [2.05, 4.69) is 65.2 Å². The van der Waals surface area contributed by atoms with Crippen molar-refractivity contribution in [2.75, 3.05) is 58.0 Å². The first-order valence-corrected chi connectivity index (χ1v) is 16.0. The first kappa shape index (κ1) is 27.3. The highest BCUT2D eigenvalue weighted by Crippen LogP contribution is 2.46. The zero-order valence-corrected chi connectivity index (χ0v) is 24.8. The molecular formula is C33H51N5O. The lowest BCUT2D eigenvalue weighted by molar-refractivity contribution is 0.0229. The van der Waals surface area contributed by atoms with Crippen LogP contribution >= 0.6 is 0 Å². The molecule has 0 aromatic heterocycles. The second-order valence-electron chi connectivity index (χ2n) is 12.9. The van der Waals surface area contributed by atoms with Gasteiger partial charge in [-0.2, -0.15) is 0 Å². The van der Waals surface area contributed by atoms with Crippen molar-refractivity contribution in [2.24, 2.45) is 4.99 Å². The van der Waals surface area contributed by atoms with Gasteiger partial charge in [0, 0.05) is 49.5 Å². The summed E-state index contributed by atoms with van der Waals surface area (Å²) in [7, 11) is 2.28. The van der Waals surface area contributed by atoms with E-state index in [1.165, 1.54) is 75.0 Å². The van der Waals surface area contributed by atoms with Gasteiger partial charge in [-0.3, -0.25) is 4.90 Å². The summed E-state index contributed by atoms with van der Waals surface area (Å²) >= 11 is 0. The third kappa shape index (κ3) is 5.80.